The molecule has 7 heteroatoms. The lowest BCUT2D eigenvalue weighted by Gasteiger charge is -2.34. The number of hydrogen-bond acceptors (Lipinski definition) is 5. The molecule has 0 aromatic rings. The van der Waals surface area contributed by atoms with Gasteiger partial charge >= 0.3 is 0 Å². The summed E-state index contributed by atoms with van der Waals surface area (Å²) >= 11 is 1.11. The first kappa shape index (κ1) is 21.9. The second-order valence-electron chi connectivity index (χ2n) is 8.81. The highest BCUT2D eigenvalue weighted by Gasteiger charge is 2.43. The summed E-state index contributed by atoms with van der Waals surface area (Å²) in [4.78, 5) is 51.5. The van der Waals surface area contributed by atoms with Crippen molar-refractivity contribution in [1.29, 1.82) is 0 Å². The van der Waals surface area contributed by atoms with Crippen LogP contribution in [0.5, 0.6) is 0 Å². The Bertz CT molecular complexity index is 617. The summed E-state index contributed by atoms with van der Waals surface area (Å²) in [5, 5.41) is 2.48. The van der Waals surface area contributed by atoms with E-state index in [1.165, 1.54) is 6.92 Å². The van der Waals surface area contributed by atoms with E-state index in [2.05, 4.69) is 5.32 Å². The molecule has 0 radical (unpaired) electrons. The number of rotatable bonds is 6. The molecule has 0 spiro atoms. The highest BCUT2D eigenvalue weighted by Crippen LogP contribution is 2.40. The van der Waals surface area contributed by atoms with Crippen molar-refractivity contribution in [2.75, 3.05) is 6.54 Å². The van der Waals surface area contributed by atoms with Crippen molar-refractivity contribution in [3.05, 3.63) is 0 Å². The fourth-order valence-electron chi connectivity index (χ4n) is 3.67. The smallest absolute Gasteiger partial charge is 0.243 e. The normalized spacial score (nSPS) is 26.1. The van der Waals surface area contributed by atoms with Crippen molar-refractivity contribution >= 4 is 34.5 Å². The lowest BCUT2D eigenvalue weighted by Crippen LogP contribution is -2.52. The average molecular weight is 397 g/mol. The van der Waals surface area contributed by atoms with Gasteiger partial charge in [-0.15, -0.1) is 0 Å². The third-order valence-electron chi connectivity index (χ3n) is 5.46. The van der Waals surface area contributed by atoms with Crippen LogP contribution >= 0.6 is 11.8 Å². The number of likely N-dealkylation sites (tertiary alicyclic amines) is 1. The van der Waals surface area contributed by atoms with Crippen molar-refractivity contribution < 1.29 is 19.2 Å². The van der Waals surface area contributed by atoms with E-state index in [0.717, 1.165) is 18.2 Å². The molecular formula is C20H32N2O4S. The molecule has 2 heterocycles. The summed E-state index contributed by atoms with van der Waals surface area (Å²) < 4.78 is 0. The minimum absolute atomic E-state index is 0.0425. The van der Waals surface area contributed by atoms with Gasteiger partial charge in [-0.25, -0.2) is 0 Å². The lowest BCUT2D eigenvalue weighted by atomic mass is 9.88. The molecular weight excluding hydrogens is 364 g/mol. The van der Waals surface area contributed by atoms with Crippen LogP contribution in [-0.2, 0) is 19.2 Å². The Morgan fingerprint density at radius 2 is 1.93 bits per heavy atom. The number of hydrogen-bond donors (Lipinski definition) is 1. The van der Waals surface area contributed by atoms with Crippen LogP contribution in [0.3, 0.4) is 0 Å². The molecule has 3 atom stereocenters. The van der Waals surface area contributed by atoms with Gasteiger partial charge < -0.3 is 10.2 Å². The molecule has 3 unspecified atom stereocenters. The Morgan fingerprint density at radius 1 is 1.26 bits per heavy atom. The maximum atomic E-state index is 13.0. The number of thioether (sulfide) groups is 1. The van der Waals surface area contributed by atoms with Crippen LogP contribution in [0.2, 0.25) is 0 Å². The van der Waals surface area contributed by atoms with E-state index < -0.39 is 22.7 Å². The molecule has 2 aliphatic rings. The van der Waals surface area contributed by atoms with Crippen LogP contribution < -0.4 is 5.32 Å². The number of nitrogens with zero attached hydrogens (tertiary/aromatic N) is 1. The van der Waals surface area contributed by atoms with Crippen LogP contribution in [0.4, 0.5) is 0 Å². The molecule has 2 fully saturated rings. The van der Waals surface area contributed by atoms with E-state index in [1.807, 2.05) is 27.7 Å². The van der Waals surface area contributed by atoms with E-state index in [0.29, 0.717) is 32.2 Å². The van der Waals surface area contributed by atoms with Crippen LogP contribution in [0.25, 0.3) is 0 Å². The molecule has 1 N–H and O–H groups in total. The largest absolute Gasteiger partial charge is 0.345 e. The van der Waals surface area contributed by atoms with Gasteiger partial charge in [-0.3, -0.25) is 19.2 Å². The maximum absolute atomic E-state index is 13.0. The van der Waals surface area contributed by atoms with Gasteiger partial charge in [0.1, 0.15) is 6.04 Å². The Labute approximate surface area is 166 Å². The summed E-state index contributed by atoms with van der Waals surface area (Å²) in [6.07, 6.45) is 3.28. The number of nitrogens with one attached hydrogen (secondary N) is 1. The lowest BCUT2D eigenvalue weighted by molar-refractivity contribution is -0.139. The Hall–Kier alpha value is -1.37. The van der Waals surface area contributed by atoms with Crippen LogP contribution in [-0.4, -0.2) is 51.5 Å². The average Bonchev–Trinajstić information content (AvgIpc) is 3.05. The molecule has 6 nitrogen and oxygen atoms in total. The molecule has 152 valence electrons. The van der Waals surface area contributed by atoms with Crippen LogP contribution in [0, 0.1) is 11.3 Å². The van der Waals surface area contributed by atoms with Crippen molar-refractivity contribution in [3.63, 3.8) is 0 Å². The van der Waals surface area contributed by atoms with Crippen molar-refractivity contribution in [2.24, 2.45) is 11.3 Å². The summed E-state index contributed by atoms with van der Waals surface area (Å²) in [7, 11) is 0. The number of carbonyl (C=O) groups excluding carboxylic acids is 4. The van der Waals surface area contributed by atoms with Gasteiger partial charge in [0.25, 0.3) is 0 Å². The van der Waals surface area contributed by atoms with Crippen molar-refractivity contribution in [3.8, 4) is 0 Å². The van der Waals surface area contributed by atoms with E-state index in [9.17, 15) is 19.2 Å². The third kappa shape index (κ3) is 5.33. The fourth-order valence-corrected chi connectivity index (χ4v) is 4.82. The molecule has 2 amide bonds. The van der Waals surface area contributed by atoms with Crippen LogP contribution in [0.15, 0.2) is 0 Å². The molecule has 0 aliphatic carbocycles. The Kier molecular flexibility index (Phi) is 7.11. The molecule has 2 rings (SSSR count). The van der Waals surface area contributed by atoms with E-state index in [1.54, 1.807) is 4.90 Å². The van der Waals surface area contributed by atoms with Gasteiger partial charge in [0.2, 0.25) is 11.8 Å². The van der Waals surface area contributed by atoms with Gasteiger partial charge in [0.05, 0.1) is 11.3 Å². The van der Waals surface area contributed by atoms with Crippen molar-refractivity contribution in [2.45, 2.75) is 84.1 Å². The molecule has 0 aromatic carbocycles. The summed E-state index contributed by atoms with van der Waals surface area (Å²) in [5.41, 5.74) is -0.394. The Balaban J connectivity index is 2.03. The van der Waals surface area contributed by atoms with E-state index in [-0.39, 0.29) is 28.6 Å². The van der Waals surface area contributed by atoms with Gasteiger partial charge in [-0.1, -0.05) is 39.5 Å². The van der Waals surface area contributed by atoms with Gasteiger partial charge in [-0.05, 0) is 44.9 Å². The zero-order valence-corrected chi connectivity index (χ0v) is 17.9. The predicted octanol–water partition coefficient (Wildman–Crippen LogP) is 2.55. The number of Topliss-reactive ketones (excluding diaryl/α,β-unsaturated/α-hetero) is 1. The minimum Gasteiger partial charge on any atom is -0.345 e. The van der Waals surface area contributed by atoms with Crippen LogP contribution in [0.1, 0.15) is 66.7 Å². The fraction of sp³-hybridized carbons (Fsp3) is 0.800. The highest BCUT2D eigenvalue weighted by atomic mass is 32.2. The van der Waals surface area contributed by atoms with Crippen molar-refractivity contribution in [1.82, 2.24) is 10.2 Å². The number of amides is 2. The first-order valence-electron chi connectivity index (χ1n) is 9.85. The third-order valence-corrected chi connectivity index (χ3v) is 6.95. The maximum Gasteiger partial charge on any atom is 0.243 e. The summed E-state index contributed by atoms with van der Waals surface area (Å²) in [6, 6.07) is -1.06. The van der Waals surface area contributed by atoms with E-state index >= 15 is 0 Å². The van der Waals surface area contributed by atoms with Gasteiger partial charge in [0, 0.05) is 12.0 Å². The number of carbonyl (C=O) groups is 4. The molecule has 2 aliphatic heterocycles. The quantitative estimate of drug-likeness (QED) is 0.746. The summed E-state index contributed by atoms with van der Waals surface area (Å²) in [5.74, 6) is -0.156. The molecule has 0 bridgehead atoms. The predicted molar refractivity (Wildman–Crippen MR) is 106 cm³/mol. The highest BCUT2D eigenvalue weighted by molar-refractivity contribution is 8.14. The summed E-state index contributed by atoms with van der Waals surface area (Å²) in [6.45, 7) is 9.84. The molecule has 2 saturated heterocycles. The molecule has 0 aromatic heterocycles. The van der Waals surface area contributed by atoms with E-state index in [4.69, 9.17) is 0 Å². The second-order valence-corrected chi connectivity index (χ2v) is 9.98. The first-order valence-corrected chi connectivity index (χ1v) is 10.7. The zero-order chi connectivity index (χ0) is 20.4. The Morgan fingerprint density at radius 3 is 2.48 bits per heavy atom. The minimum atomic E-state index is -0.544. The standard InChI is InChI=1S/C20H32N2O4S/c1-12(2)11-14(13(3)23)21-17(24)15-7-6-10-22(15)18(25)16-8-9-20(4,5)19(26)27-16/h12,14-16H,6-11H2,1-5H3,(H,21,24). The first-order chi connectivity index (χ1) is 12.5. The monoisotopic (exact) mass is 396 g/mol. The number of ketones is 1. The van der Waals surface area contributed by atoms with Gasteiger partial charge in [-0.2, -0.15) is 0 Å². The SMILES string of the molecule is CC(=O)C(CC(C)C)NC(=O)C1CCCN1C(=O)C1CCC(C)(C)C(=O)S1. The topological polar surface area (TPSA) is 83.6 Å². The zero-order valence-electron chi connectivity index (χ0n) is 17.0. The second kappa shape index (κ2) is 8.76. The van der Waals surface area contributed by atoms with Gasteiger partial charge in [0.15, 0.2) is 10.9 Å². The molecule has 0 saturated carbocycles. The molecule has 27 heavy (non-hydrogen) atoms.